The fourth-order valence-electron chi connectivity index (χ4n) is 1.04. The van der Waals surface area contributed by atoms with Crippen molar-refractivity contribution in [3.8, 4) is 0 Å². The van der Waals surface area contributed by atoms with Gasteiger partial charge in [0.1, 0.15) is 10.8 Å². The van der Waals surface area contributed by atoms with Crippen LogP contribution in [0.1, 0.15) is 5.01 Å². The molecule has 0 aliphatic carbocycles. The Labute approximate surface area is 98.9 Å². The fraction of sp³-hybridized carbons (Fsp3) is 0. The number of hydrogen-bond donors (Lipinski definition) is 3. The predicted molar refractivity (Wildman–Crippen MR) is 66.0 cm³/mol. The monoisotopic (exact) mass is 253 g/mol. The van der Waals surface area contributed by atoms with E-state index in [0.717, 1.165) is 0 Å². The molecule has 16 heavy (non-hydrogen) atoms. The summed E-state index contributed by atoms with van der Waals surface area (Å²) < 4.78 is 0.177. The van der Waals surface area contributed by atoms with Crippen molar-refractivity contribution in [3.63, 3.8) is 0 Å². The highest BCUT2D eigenvalue weighted by Crippen LogP contribution is 2.12. The molecule has 2 aromatic rings. The van der Waals surface area contributed by atoms with E-state index in [2.05, 4.69) is 19.9 Å². The minimum Gasteiger partial charge on any atom is -0.383 e. The molecule has 0 amide bonds. The van der Waals surface area contributed by atoms with Crippen LogP contribution in [0.3, 0.4) is 0 Å². The van der Waals surface area contributed by atoms with Crippen LogP contribution in [0.5, 0.6) is 0 Å². The van der Waals surface area contributed by atoms with Crippen molar-refractivity contribution < 1.29 is 0 Å². The molecule has 2 rings (SSSR count). The molecule has 0 aliphatic heterocycles. The molecule has 0 atom stereocenters. The number of hydrogen-bond acceptors (Lipinski definition) is 6. The Hall–Kier alpha value is -1.80. The van der Waals surface area contributed by atoms with E-state index in [9.17, 15) is 4.79 Å². The van der Waals surface area contributed by atoms with Gasteiger partial charge in [-0.1, -0.05) is 0 Å². The normalized spacial score (nSPS) is 11.0. The number of aliphatic imine (C=N–C) groups is 1. The lowest BCUT2D eigenvalue weighted by Gasteiger charge is -1.97. The minimum absolute atomic E-state index is 0.101. The highest BCUT2D eigenvalue weighted by Gasteiger charge is 2.02. The molecule has 2 aromatic heterocycles. The molecule has 0 aromatic carbocycles. The van der Waals surface area contributed by atoms with Crippen molar-refractivity contribution in [1.29, 1.82) is 0 Å². The molecule has 8 heteroatoms. The van der Waals surface area contributed by atoms with Gasteiger partial charge in [0.2, 0.25) is 0 Å². The number of H-pyrrole nitrogens is 2. The molecule has 0 fully saturated rings. The van der Waals surface area contributed by atoms with Crippen molar-refractivity contribution in [2.45, 2.75) is 0 Å². The molecule has 2 heterocycles. The number of rotatable bonds is 2. The number of nitrogens with one attached hydrogen (secondary N) is 2. The van der Waals surface area contributed by atoms with Gasteiger partial charge in [-0.25, -0.2) is 9.98 Å². The van der Waals surface area contributed by atoms with Gasteiger partial charge in [0.25, 0.3) is 5.56 Å². The van der Waals surface area contributed by atoms with Crippen LogP contribution < -0.4 is 11.3 Å². The van der Waals surface area contributed by atoms with Crippen LogP contribution >= 0.6 is 23.6 Å². The van der Waals surface area contributed by atoms with Gasteiger partial charge in [0.05, 0.1) is 6.21 Å². The van der Waals surface area contributed by atoms with E-state index in [4.69, 9.17) is 18.0 Å². The van der Waals surface area contributed by atoms with Gasteiger partial charge >= 0.3 is 0 Å². The zero-order valence-electron chi connectivity index (χ0n) is 7.93. The van der Waals surface area contributed by atoms with Crippen LogP contribution in [0, 0.1) is 4.77 Å². The van der Waals surface area contributed by atoms with Gasteiger partial charge in [-0.2, -0.15) is 0 Å². The largest absolute Gasteiger partial charge is 0.383 e. The number of aromatic amines is 2. The quantitative estimate of drug-likeness (QED) is 0.553. The van der Waals surface area contributed by atoms with Gasteiger partial charge in [0, 0.05) is 11.6 Å². The molecule has 0 unspecified atom stereocenters. The molecule has 0 spiro atoms. The van der Waals surface area contributed by atoms with E-state index < -0.39 is 5.56 Å². The molecular weight excluding hydrogens is 246 g/mol. The lowest BCUT2D eigenvalue weighted by Crippen LogP contribution is -2.10. The zero-order valence-corrected chi connectivity index (χ0v) is 9.56. The minimum atomic E-state index is -0.422. The van der Waals surface area contributed by atoms with Crippen LogP contribution in [-0.2, 0) is 0 Å². The third-order valence-corrected chi connectivity index (χ3v) is 2.62. The third kappa shape index (κ3) is 2.23. The molecule has 0 bridgehead atoms. The summed E-state index contributed by atoms with van der Waals surface area (Å²) in [5.74, 6) is 0.140. The first kappa shape index (κ1) is 10.7. The maximum absolute atomic E-state index is 11.5. The smallest absolute Gasteiger partial charge is 0.279 e. The Bertz CT molecular complexity index is 625. The number of nitrogens with two attached hydrogens (primary N) is 1. The molecule has 0 saturated carbocycles. The molecule has 82 valence electrons. The van der Waals surface area contributed by atoms with Gasteiger partial charge in [0.15, 0.2) is 10.5 Å². The Morgan fingerprint density at radius 2 is 2.38 bits per heavy atom. The van der Waals surface area contributed by atoms with Crippen LogP contribution in [0.4, 0.5) is 11.5 Å². The molecule has 0 aliphatic rings. The number of anilines is 1. The number of aromatic nitrogens is 3. The van der Waals surface area contributed by atoms with E-state index >= 15 is 0 Å². The maximum Gasteiger partial charge on any atom is 0.279 e. The highest BCUT2D eigenvalue weighted by molar-refractivity contribution is 7.71. The summed E-state index contributed by atoms with van der Waals surface area (Å²) in [5, 5.41) is 2.51. The van der Waals surface area contributed by atoms with Crippen LogP contribution in [0.25, 0.3) is 0 Å². The SMILES string of the molecule is Nc1[nH]c(=S)[nH]c(=O)c1N=Cc1nccs1. The Morgan fingerprint density at radius 3 is 3.00 bits per heavy atom. The summed E-state index contributed by atoms with van der Waals surface area (Å²) in [6.07, 6.45) is 3.13. The molecule has 0 radical (unpaired) electrons. The van der Waals surface area contributed by atoms with Crippen LogP contribution in [0.2, 0.25) is 0 Å². The topological polar surface area (TPSA) is 99.9 Å². The van der Waals surface area contributed by atoms with E-state index in [1.54, 1.807) is 6.20 Å². The van der Waals surface area contributed by atoms with Crippen molar-refractivity contribution in [2.75, 3.05) is 5.73 Å². The lowest BCUT2D eigenvalue weighted by atomic mass is 10.5. The summed E-state index contributed by atoms with van der Waals surface area (Å²) >= 11 is 6.17. The zero-order chi connectivity index (χ0) is 11.5. The highest BCUT2D eigenvalue weighted by atomic mass is 32.1. The van der Waals surface area contributed by atoms with E-state index in [1.165, 1.54) is 17.6 Å². The maximum atomic E-state index is 11.5. The lowest BCUT2D eigenvalue weighted by molar-refractivity contribution is 1.09. The third-order valence-electron chi connectivity index (χ3n) is 1.70. The first-order valence-corrected chi connectivity index (χ1v) is 5.51. The second kappa shape index (κ2) is 4.37. The Kier molecular flexibility index (Phi) is 2.93. The first-order valence-electron chi connectivity index (χ1n) is 4.22. The summed E-state index contributed by atoms with van der Waals surface area (Å²) in [6, 6.07) is 0. The van der Waals surface area contributed by atoms with Gasteiger partial charge in [-0.05, 0) is 12.2 Å². The molecule has 0 saturated heterocycles. The van der Waals surface area contributed by atoms with Gasteiger partial charge in [-0.3, -0.25) is 9.78 Å². The van der Waals surface area contributed by atoms with E-state index in [-0.39, 0.29) is 16.3 Å². The predicted octanol–water partition coefficient (Wildman–Crippen LogP) is 1.22. The van der Waals surface area contributed by atoms with Crippen molar-refractivity contribution in [3.05, 3.63) is 31.7 Å². The summed E-state index contributed by atoms with van der Waals surface area (Å²) in [7, 11) is 0. The Balaban J connectivity index is 2.43. The summed E-state index contributed by atoms with van der Waals surface area (Å²) in [4.78, 5) is 24.4. The number of nitrogen functional groups attached to an aromatic ring is 1. The molecular formula is C8H7N5OS2. The van der Waals surface area contributed by atoms with Gasteiger partial charge in [-0.15, -0.1) is 11.3 Å². The van der Waals surface area contributed by atoms with Gasteiger partial charge < -0.3 is 10.7 Å². The van der Waals surface area contributed by atoms with E-state index in [1.807, 2.05) is 5.38 Å². The van der Waals surface area contributed by atoms with E-state index in [0.29, 0.717) is 5.01 Å². The fourth-order valence-corrected chi connectivity index (χ4v) is 1.74. The van der Waals surface area contributed by atoms with Crippen LogP contribution in [-0.4, -0.2) is 21.2 Å². The summed E-state index contributed by atoms with van der Waals surface area (Å²) in [5.41, 5.74) is 5.27. The second-order valence-electron chi connectivity index (χ2n) is 2.80. The van der Waals surface area contributed by atoms with Crippen LogP contribution in [0.15, 0.2) is 21.4 Å². The average Bonchev–Trinajstić information content (AvgIpc) is 2.68. The van der Waals surface area contributed by atoms with Crippen molar-refractivity contribution >= 4 is 41.3 Å². The Morgan fingerprint density at radius 1 is 1.56 bits per heavy atom. The second-order valence-corrected chi connectivity index (χ2v) is 4.13. The van der Waals surface area contributed by atoms with Crippen molar-refractivity contribution in [1.82, 2.24) is 15.0 Å². The standard InChI is InChI=1S/C8H7N5OS2/c9-6-5(7(14)13-8(15)12-6)11-3-4-10-1-2-16-4/h1-3H,(H4,9,12,13,14,15). The molecule has 4 N–H and O–H groups in total. The molecule has 6 nitrogen and oxygen atoms in total. The summed E-state index contributed by atoms with van der Waals surface area (Å²) in [6.45, 7) is 0. The first-order chi connectivity index (χ1) is 7.66. The number of thiazole rings is 1. The number of nitrogens with zero attached hydrogens (tertiary/aromatic N) is 2. The van der Waals surface area contributed by atoms with Crippen molar-refractivity contribution in [2.24, 2.45) is 4.99 Å². The average molecular weight is 253 g/mol.